The van der Waals surface area contributed by atoms with Gasteiger partial charge in [-0.1, -0.05) is 0 Å². The molecule has 0 amide bonds. The number of hydrogen-bond acceptors (Lipinski definition) is 6. The molecule has 28 heavy (non-hydrogen) atoms. The van der Waals surface area contributed by atoms with Crippen LogP contribution < -0.4 is 14.8 Å². The van der Waals surface area contributed by atoms with E-state index in [1.54, 1.807) is 16.0 Å². The van der Waals surface area contributed by atoms with E-state index in [-0.39, 0.29) is 24.5 Å². The summed E-state index contributed by atoms with van der Waals surface area (Å²) in [6, 6.07) is 5.29. The van der Waals surface area contributed by atoms with Gasteiger partial charge in [0.15, 0.2) is 0 Å². The molecule has 0 atom stereocenters. The summed E-state index contributed by atoms with van der Waals surface area (Å²) < 4.78 is 38.5. The Labute approximate surface area is 156 Å². The van der Waals surface area contributed by atoms with Gasteiger partial charge in [0.25, 0.3) is 5.69 Å². The van der Waals surface area contributed by atoms with Gasteiger partial charge >= 0.3 is 17.7 Å². The molecule has 0 unspecified atom stereocenters. The quantitative estimate of drug-likeness (QED) is 0.579. The molecule has 12 heteroatoms. The smallest absolute Gasteiger partial charge is 0.358 e. The normalized spacial score (nSPS) is 14.8. The van der Waals surface area contributed by atoms with E-state index >= 15 is 0 Å². The highest BCUT2D eigenvalue weighted by Gasteiger charge is 2.36. The van der Waals surface area contributed by atoms with Crippen LogP contribution in [0.5, 0.6) is 0 Å². The van der Waals surface area contributed by atoms with Crippen molar-refractivity contribution in [1.82, 2.24) is 0 Å². The van der Waals surface area contributed by atoms with Gasteiger partial charge in [-0.25, -0.2) is 4.98 Å². The lowest BCUT2D eigenvalue weighted by Gasteiger charge is -2.32. The van der Waals surface area contributed by atoms with Crippen molar-refractivity contribution in [3.05, 3.63) is 62.3 Å². The number of alkyl halides is 3. The Kier molecular flexibility index (Phi) is 5.03. The molecule has 0 radical (unpaired) electrons. The number of nitrogens with one attached hydrogen (secondary N) is 1. The van der Waals surface area contributed by atoms with Gasteiger partial charge in [-0.3, -0.25) is 25.1 Å². The van der Waals surface area contributed by atoms with Crippen LogP contribution in [-0.4, -0.2) is 36.0 Å². The van der Waals surface area contributed by atoms with E-state index in [1.807, 2.05) is 0 Å². The fourth-order valence-electron chi connectivity index (χ4n) is 3.10. The topological polar surface area (TPSA) is 107 Å². The molecule has 1 aliphatic heterocycles. The highest BCUT2D eigenvalue weighted by atomic mass is 19.4. The molecule has 0 spiro atoms. The Balaban J connectivity index is 1.82. The fraction of sp³-hybridized carbons (Fsp3) is 0.312. The van der Waals surface area contributed by atoms with E-state index in [2.05, 4.69) is 4.98 Å². The molecule has 1 aromatic carbocycles. The van der Waals surface area contributed by atoms with Crippen LogP contribution in [0.4, 0.5) is 36.1 Å². The van der Waals surface area contributed by atoms with E-state index in [0.717, 1.165) is 12.1 Å². The number of H-pyrrole nitrogens is 1. The summed E-state index contributed by atoms with van der Waals surface area (Å²) in [4.78, 5) is 27.2. The lowest BCUT2D eigenvalue weighted by atomic mass is 10.1. The van der Waals surface area contributed by atoms with Gasteiger partial charge in [0.05, 0.1) is 34.7 Å². The lowest BCUT2D eigenvalue weighted by molar-refractivity contribution is -0.411. The van der Waals surface area contributed by atoms with E-state index in [0.29, 0.717) is 25.0 Å². The zero-order chi connectivity index (χ0) is 20.5. The second-order valence-electron chi connectivity index (χ2n) is 6.09. The van der Waals surface area contributed by atoms with Crippen LogP contribution in [0.2, 0.25) is 0 Å². The van der Waals surface area contributed by atoms with Gasteiger partial charge in [0.1, 0.15) is 18.8 Å². The van der Waals surface area contributed by atoms with Gasteiger partial charge in [-0.15, -0.1) is 0 Å². The maximum atomic E-state index is 12.8. The predicted molar refractivity (Wildman–Crippen MR) is 92.2 cm³/mol. The van der Waals surface area contributed by atoms with Crippen LogP contribution in [0.15, 0.2) is 36.5 Å². The van der Waals surface area contributed by atoms with E-state index < -0.39 is 27.3 Å². The molecular formula is C16H15F3N5O4+. The Hall–Kier alpha value is -3.44. The molecule has 2 heterocycles. The first-order valence-corrected chi connectivity index (χ1v) is 8.19. The van der Waals surface area contributed by atoms with Crippen molar-refractivity contribution in [2.75, 3.05) is 36.0 Å². The minimum atomic E-state index is -4.68. The SMILES string of the molecule is O=[N+]([O-])c1cc(C(F)(F)F)ccc1N1CCN(c2[nH+]cccc2[N+](=O)[O-])CC1. The van der Waals surface area contributed by atoms with Crippen molar-refractivity contribution in [1.29, 1.82) is 0 Å². The number of nitro benzene ring substituents is 1. The summed E-state index contributed by atoms with van der Waals surface area (Å²) in [5.41, 5.74) is -1.72. The molecule has 0 bridgehead atoms. The zero-order valence-corrected chi connectivity index (χ0v) is 14.3. The third-order valence-electron chi connectivity index (χ3n) is 4.45. The number of pyridine rings is 1. The van der Waals surface area contributed by atoms with E-state index in [4.69, 9.17) is 0 Å². The number of nitro groups is 2. The molecule has 1 N–H and O–H groups in total. The number of hydrogen-bond donors (Lipinski definition) is 0. The fourth-order valence-corrected chi connectivity index (χ4v) is 3.10. The number of aromatic amines is 1. The molecule has 0 aliphatic carbocycles. The average molecular weight is 398 g/mol. The molecule has 3 rings (SSSR count). The van der Waals surface area contributed by atoms with Gasteiger partial charge in [-0.05, 0) is 18.2 Å². The van der Waals surface area contributed by atoms with Crippen LogP contribution in [0.3, 0.4) is 0 Å². The van der Waals surface area contributed by atoms with Crippen LogP contribution in [0, 0.1) is 20.2 Å². The molecule has 0 saturated carbocycles. The summed E-state index contributed by atoms with van der Waals surface area (Å²) in [5, 5.41) is 22.4. The maximum absolute atomic E-state index is 12.8. The van der Waals surface area contributed by atoms with Crippen molar-refractivity contribution in [2.24, 2.45) is 0 Å². The second kappa shape index (κ2) is 7.29. The Bertz CT molecular complexity index is 913. The van der Waals surface area contributed by atoms with Crippen LogP contribution >= 0.6 is 0 Å². The highest BCUT2D eigenvalue weighted by Crippen LogP contribution is 2.37. The van der Waals surface area contributed by atoms with Crippen molar-refractivity contribution in [3.8, 4) is 0 Å². The Morgan fingerprint density at radius 2 is 1.54 bits per heavy atom. The number of anilines is 2. The molecular weight excluding hydrogens is 383 g/mol. The van der Waals surface area contributed by atoms with Gasteiger partial charge in [-0.2, -0.15) is 13.2 Å². The Morgan fingerprint density at radius 3 is 2.11 bits per heavy atom. The average Bonchev–Trinajstić information content (AvgIpc) is 2.67. The second-order valence-corrected chi connectivity index (χ2v) is 6.09. The number of halogens is 3. The van der Waals surface area contributed by atoms with Crippen LogP contribution in [0.1, 0.15) is 5.56 Å². The molecule has 2 aromatic rings. The Morgan fingerprint density at radius 1 is 0.929 bits per heavy atom. The highest BCUT2D eigenvalue weighted by molar-refractivity contribution is 5.65. The van der Waals surface area contributed by atoms with Gasteiger partial charge < -0.3 is 4.90 Å². The van der Waals surface area contributed by atoms with Gasteiger partial charge in [0, 0.05) is 12.1 Å². The van der Waals surface area contributed by atoms with Gasteiger partial charge in [0.2, 0.25) is 0 Å². The summed E-state index contributed by atoms with van der Waals surface area (Å²) >= 11 is 0. The largest absolute Gasteiger partial charge is 0.416 e. The third kappa shape index (κ3) is 3.80. The van der Waals surface area contributed by atoms with Crippen molar-refractivity contribution >= 4 is 22.9 Å². The number of rotatable bonds is 4. The predicted octanol–water partition coefficient (Wildman–Crippen LogP) is 2.66. The first-order valence-electron chi connectivity index (χ1n) is 8.19. The lowest BCUT2D eigenvalue weighted by Crippen LogP contribution is -2.48. The minimum Gasteiger partial charge on any atom is -0.358 e. The molecule has 1 aromatic heterocycles. The number of benzene rings is 1. The van der Waals surface area contributed by atoms with E-state index in [1.165, 1.54) is 12.1 Å². The van der Waals surface area contributed by atoms with E-state index in [9.17, 15) is 33.4 Å². The molecule has 1 saturated heterocycles. The van der Waals surface area contributed by atoms with Crippen molar-refractivity contribution in [3.63, 3.8) is 0 Å². The first-order chi connectivity index (χ1) is 13.2. The minimum absolute atomic E-state index is 0.0872. The van der Waals surface area contributed by atoms with Crippen LogP contribution in [0.25, 0.3) is 0 Å². The zero-order valence-electron chi connectivity index (χ0n) is 14.3. The number of piperazine rings is 1. The van der Waals surface area contributed by atoms with Crippen molar-refractivity contribution < 1.29 is 28.0 Å². The number of nitrogens with zero attached hydrogens (tertiary/aromatic N) is 4. The molecule has 1 fully saturated rings. The monoisotopic (exact) mass is 398 g/mol. The number of aromatic nitrogens is 1. The summed E-state index contributed by atoms with van der Waals surface area (Å²) in [5.74, 6) is 0.314. The first kappa shape index (κ1) is 19.3. The molecule has 1 aliphatic rings. The molecule has 148 valence electrons. The standard InChI is InChI=1S/C16H14F3N5O4/c17-16(18,19)11-3-4-12(14(10-11)24(27)28)21-6-8-22(9-7-21)15-13(23(25)26)2-1-5-20-15/h1-5,10H,6-9H2/p+1. The summed E-state index contributed by atoms with van der Waals surface area (Å²) in [7, 11) is 0. The van der Waals surface area contributed by atoms with Crippen LogP contribution in [-0.2, 0) is 6.18 Å². The van der Waals surface area contributed by atoms with Crippen molar-refractivity contribution in [2.45, 2.75) is 6.18 Å². The third-order valence-corrected chi connectivity index (χ3v) is 4.45. The maximum Gasteiger partial charge on any atom is 0.416 e. The summed E-state index contributed by atoms with van der Waals surface area (Å²) in [6.07, 6.45) is -3.13. The molecule has 9 nitrogen and oxygen atoms in total. The summed E-state index contributed by atoms with van der Waals surface area (Å²) in [6.45, 7) is 1.12.